The van der Waals surface area contributed by atoms with Gasteiger partial charge in [0.05, 0.1) is 6.04 Å². The molecule has 15 heavy (non-hydrogen) atoms. The second-order valence-electron chi connectivity index (χ2n) is 4.23. The fourth-order valence-electron chi connectivity index (χ4n) is 1.01. The Morgan fingerprint density at radius 3 is 2.27 bits per heavy atom. The average molecular weight is 211 g/mol. The summed E-state index contributed by atoms with van der Waals surface area (Å²) in [5, 5.41) is 7.48. The first-order chi connectivity index (χ1) is 6.93. The molecule has 0 aliphatic carbocycles. The third-order valence-corrected chi connectivity index (χ3v) is 2.17. The third-order valence-electron chi connectivity index (χ3n) is 2.17. The Morgan fingerprint density at radius 2 is 1.87 bits per heavy atom. The van der Waals surface area contributed by atoms with Gasteiger partial charge in [0, 0.05) is 5.92 Å². The van der Waals surface area contributed by atoms with Gasteiger partial charge in [-0.05, 0) is 5.92 Å². The van der Waals surface area contributed by atoms with Gasteiger partial charge in [0.2, 0.25) is 11.7 Å². The molecule has 0 aliphatic rings. The molecular weight excluding hydrogens is 194 g/mol. The standard InChI is InChI=1S/C10H17N3O2/c1-5(2)7(11)8(14)10-13-12-9(15-10)6(3)4/h5-7H,11H2,1-4H3. The van der Waals surface area contributed by atoms with E-state index in [2.05, 4.69) is 10.2 Å². The predicted octanol–water partition coefficient (Wildman–Crippen LogP) is 1.36. The Hall–Kier alpha value is -1.23. The number of nitrogens with two attached hydrogens (primary N) is 1. The highest BCUT2D eigenvalue weighted by Gasteiger charge is 2.24. The summed E-state index contributed by atoms with van der Waals surface area (Å²) < 4.78 is 5.23. The topological polar surface area (TPSA) is 82.0 Å². The molecule has 0 aliphatic heterocycles. The quantitative estimate of drug-likeness (QED) is 0.760. The number of hydrogen-bond acceptors (Lipinski definition) is 5. The molecule has 0 amide bonds. The number of ketones is 1. The van der Waals surface area contributed by atoms with E-state index in [1.807, 2.05) is 27.7 Å². The van der Waals surface area contributed by atoms with E-state index in [9.17, 15) is 4.79 Å². The highest BCUT2D eigenvalue weighted by atomic mass is 16.4. The van der Waals surface area contributed by atoms with Gasteiger partial charge < -0.3 is 10.2 Å². The maximum absolute atomic E-state index is 11.7. The van der Waals surface area contributed by atoms with Crippen molar-refractivity contribution in [2.24, 2.45) is 11.7 Å². The van der Waals surface area contributed by atoms with Crippen LogP contribution in [0, 0.1) is 5.92 Å². The largest absolute Gasteiger partial charge is 0.418 e. The molecule has 0 aromatic carbocycles. The maximum Gasteiger partial charge on any atom is 0.285 e. The van der Waals surface area contributed by atoms with Crippen LogP contribution in [0.5, 0.6) is 0 Å². The van der Waals surface area contributed by atoms with Crippen LogP contribution in [-0.4, -0.2) is 22.0 Å². The van der Waals surface area contributed by atoms with Crippen molar-refractivity contribution >= 4 is 5.78 Å². The lowest BCUT2D eigenvalue weighted by Gasteiger charge is -2.10. The Balaban J connectivity index is 2.83. The minimum absolute atomic E-state index is 0.0138. The SMILES string of the molecule is CC(C)c1nnc(C(=O)C(N)C(C)C)o1. The van der Waals surface area contributed by atoms with Gasteiger partial charge >= 0.3 is 0 Å². The zero-order valence-corrected chi connectivity index (χ0v) is 9.52. The molecule has 84 valence electrons. The van der Waals surface area contributed by atoms with Crippen LogP contribution in [0.2, 0.25) is 0 Å². The van der Waals surface area contributed by atoms with Crippen molar-refractivity contribution in [2.75, 3.05) is 0 Å². The van der Waals surface area contributed by atoms with Crippen LogP contribution in [0.25, 0.3) is 0 Å². The first-order valence-electron chi connectivity index (χ1n) is 5.06. The monoisotopic (exact) mass is 211 g/mol. The van der Waals surface area contributed by atoms with E-state index in [1.165, 1.54) is 0 Å². The van der Waals surface area contributed by atoms with Crippen LogP contribution in [0.15, 0.2) is 4.42 Å². The van der Waals surface area contributed by atoms with Crippen molar-refractivity contribution in [3.63, 3.8) is 0 Å². The van der Waals surface area contributed by atoms with Gasteiger partial charge in [-0.15, -0.1) is 10.2 Å². The molecule has 0 fully saturated rings. The fourth-order valence-corrected chi connectivity index (χ4v) is 1.01. The van der Waals surface area contributed by atoms with Crippen LogP contribution in [0.4, 0.5) is 0 Å². The number of Topliss-reactive ketones (excluding diaryl/α,β-unsaturated/α-hetero) is 1. The lowest BCUT2D eigenvalue weighted by atomic mass is 10.0. The molecule has 1 aromatic heterocycles. The second kappa shape index (κ2) is 4.53. The number of aromatic nitrogens is 2. The minimum Gasteiger partial charge on any atom is -0.418 e. The molecular formula is C10H17N3O2. The second-order valence-corrected chi connectivity index (χ2v) is 4.23. The Bertz CT molecular complexity index is 344. The molecule has 1 rings (SSSR count). The zero-order valence-electron chi connectivity index (χ0n) is 9.52. The van der Waals surface area contributed by atoms with Crippen LogP contribution in [-0.2, 0) is 0 Å². The number of carbonyl (C=O) groups is 1. The summed E-state index contributed by atoms with van der Waals surface area (Å²) in [6.45, 7) is 7.60. The zero-order chi connectivity index (χ0) is 11.6. The first kappa shape index (κ1) is 11.8. The molecule has 0 radical (unpaired) electrons. The van der Waals surface area contributed by atoms with E-state index in [4.69, 9.17) is 10.2 Å². The summed E-state index contributed by atoms with van der Waals surface area (Å²) in [7, 11) is 0. The summed E-state index contributed by atoms with van der Waals surface area (Å²) in [5.41, 5.74) is 5.70. The van der Waals surface area contributed by atoms with E-state index in [1.54, 1.807) is 0 Å². The van der Waals surface area contributed by atoms with Gasteiger partial charge in [-0.3, -0.25) is 4.79 Å². The number of nitrogens with zero attached hydrogens (tertiary/aromatic N) is 2. The molecule has 1 atom stereocenters. The van der Waals surface area contributed by atoms with Crippen molar-refractivity contribution in [1.29, 1.82) is 0 Å². The lowest BCUT2D eigenvalue weighted by Crippen LogP contribution is -2.35. The van der Waals surface area contributed by atoms with Crippen molar-refractivity contribution < 1.29 is 9.21 Å². The molecule has 0 saturated heterocycles. The summed E-state index contributed by atoms with van der Waals surface area (Å²) in [4.78, 5) is 11.7. The van der Waals surface area contributed by atoms with E-state index >= 15 is 0 Å². The van der Waals surface area contributed by atoms with E-state index in [0.717, 1.165) is 0 Å². The number of hydrogen-bond donors (Lipinski definition) is 1. The Morgan fingerprint density at radius 1 is 1.27 bits per heavy atom. The van der Waals surface area contributed by atoms with Crippen LogP contribution < -0.4 is 5.73 Å². The first-order valence-corrected chi connectivity index (χ1v) is 5.06. The number of rotatable bonds is 4. The van der Waals surface area contributed by atoms with Crippen LogP contribution >= 0.6 is 0 Å². The Labute approximate surface area is 89.1 Å². The van der Waals surface area contributed by atoms with Gasteiger partial charge in [-0.25, -0.2) is 0 Å². The smallest absolute Gasteiger partial charge is 0.285 e. The Kier molecular flexibility index (Phi) is 3.57. The van der Waals surface area contributed by atoms with E-state index < -0.39 is 6.04 Å². The molecule has 0 bridgehead atoms. The molecule has 5 heteroatoms. The molecule has 5 nitrogen and oxygen atoms in total. The molecule has 0 spiro atoms. The van der Waals surface area contributed by atoms with Gasteiger partial charge in [0.25, 0.3) is 5.89 Å². The van der Waals surface area contributed by atoms with E-state index in [0.29, 0.717) is 5.89 Å². The summed E-state index contributed by atoms with van der Waals surface area (Å²) in [6.07, 6.45) is 0. The molecule has 1 heterocycles. The minimum atomic E-state index is -0.578. The van der Waals surface area contributed by atoms with Crippen LogP contribution in [0.3, 0.4) is 0 Å². The van der Waals surface area contributed by atoms with Crippen molar-refractivity contribution in [1.82, 2.24) is 10.2 Å². The summed E-state index contributed by atoms with van der Waals surface area (Å²) >= 11 is 0. The van der Waals surface area contributed by atoms with E-state index in [-0.39, 0.29) is 23.5 Å². The van der Waals surface area contributed by atoms with Crippen molar-refractivity contribution in [2.45, 2.75) is 39.7 Å². The number of carbonyl (C=O) groups excluding carboxylic acids is 1. The molecule has 0 saturated carbocycles. The van der Waals surface area contributed by atoms with Gasteiger partial charge in [0.1, 0.15) is 0 Å². The lowest BCUT2D eigenvalue weighted by molar-refractivity contribution is 0.0903. The van der Waals surface area contributed by atoms with Crippen LogP contribution in [0.1, 0.15) is 50.2 Å². The van der Waals surface area contributed by atoms with Gasteiger partial charge in [0.15, 0.2) is 0 Å². The fraction of sp³-hybridized carbons (Fsp3) is 0.700. The summed E-state index contributed by atoms with van der Waals surface area (Å²) in [6, 6.07) is -0.578. The highest BCUT2D eigenvalue weighted by Crippen LogP contribution is 2.14. The van der Waals surface area contributed by atoms with Crippen molar-refractivity contribution in [3.05, 3.63) is 11.8 Å². The predicted molar refractivity (Wildman–Crippen MR) is 55.5 cm³/mol. The molecule has 1 aromatic rings. The molecule has 2 N–H and O–H groups in total. The third kappa shape index (κ3) is 2.62. The van der Waals surface area contributed by atoms with Gasteiger partial charge in [-0.1, -0.05) is 27.7 Å². The van der Waals surface area contributed by atoms with Gasteiger partial charge in [-0.2, -0.15) is 0 Å². The highest BCUT2D eigenvalue weighted by molar-refractivity contribution is 5.95. The summed E-state index contributed by atoms with van der Waals surface area (Å²) in [5.74, 6) is 0.375. The maximum atomic E-state index is 11.7. The average Bonchev–Trinajstić information content (AvgIpc) is 2.64. The van der Waals surface area contributed by atoms with Crippen molar-refractivity contribution in [3.8, 4) is 0 Å². The molecule has 1 unspecified atom stereocenters. The normalized spacial score (nSPS) is 13.5.